The third-order valence-corrected chi connectivity index (χ3v) is 3.38. The van der Waals surface area contributed by atoms with E-state index >= 15 is 0 Å². The van der Waals surface area contributed by atoms with Crippen LogP contribution in [0.4, 0.5) is 0 Å². The summed E-state index contributed by atoms with van der Waals surface area (Å²) >= 11 is 0. The zero-order chi connectivity index (χ0) is 14.5. The van der Waals surface area contributed by atoms with Crippen LogP contribution < -0.4 is 10.9 Å². The van der Waals surface area contributed by atoms with Crippen LogP contribution in [0.15, 0.2) is 35.1 Å². The van der Waals surface area contributed by atoms with Gasteiger partial charge in [0.25, 0.3) is 5.56 Å². The maximum absolute atomic E-state index is 12.1. The number of hydrogen-bond acceptors (Lipinski definition) is 2. The van der Waals surface area contributed by atoms with E-state index < -0.39 is 0 Å². The Morgan fingerprint density at radius 1 is 1.30 bits per heavy atom. The summed E-state index contributed by atoms with van der Waals surface area (Å²) in [6.07, 6.45) is 1.99. The maximum Gasteiger partial charge on any atom is 0.251 e. The summed E-state index contributed by atoms with van der Waals surface area (Å²) < 4.78 is 1.53. The molecule has 4 nitrogen and oxygen atoms in total. The molecule has 106 valence electrons. The summed E-state index contributed by atoms with van der Waals surface area (Å²) in [6, 6.07) is 9.25. The SMILES string of the molecule is CCCCNC(=O)Cn1c(=O)cc(C)c2ccccc21. The summed E-state index contributed by atoms with van der Waals surface area (Å²) in [5.41, 5.74) is 1.61. The fraction of sp³-hybridized carbons (Fsp3) is 0.375. The van der Waals surface area contributed by atoms with Gasteiger partial charge in [-0.3, -0.25) is 14.2 Å². The van der Waals surface area contributed by atoms with Crippen LogP contribution in [0.2, 0.25) is 0 Å². The summed E-state index contributed by atoms with van der Waals surface area (Å²) in [5, 5.41) is 3.85. The normalized spacial score (nSPS) is 10.7. The number of para-hydroxylation sites is 1. The Bertz CT molecular complexity index is 674. The predicted molar refractivity (Wildman–Crippen MR) is 80.9 cm³/mol. The van der Waals surface area contributed by atoms with Crippen molar-refractivity contribution in [2.75, 3.05) is 6.54 Å². The fourth-order valence-electron chi connectivity index (χ4n) is 2.27. The van der Waals surface area contributed by atoms with Gasteiger partial charge < -0.3 is 5.32 Å². The number of pyridine rings is 1. The molecule has 20 heavy (non-hydrogen) atoms. The Kier molecular flexibility index (Phi) is 4.56. The first-order valence-corrected chi connectivity index (χ1v) is 6.99. The van der Waals surface area contributed by atoms with Crippen molar-refractivity contribution in [3.8, 4) is 0 Å². The molecular formula is C16H20N2O2. The van der Waals surface area contributed by atoms with Gasteiger partial charge in [0.2, 0.25) is 5.91 Å². The number of unbranched alkanes of at least 4 members (excludes halogenated alkanes) is 1. The maximum atomic E-state index is 12.1. The number of nitrogens with zero attached hydrogens (tertiary/aromatic N) is 1. The molecule has 0 fully saturated rings. The van der Waals surface area contributed by atoms with Gasteiger partial charge in [0.05, 0.1) is 5.52 Å². The van der Waals surface area contributed by atoms with Crippen LogP contribution in [0.1, 0.15) is 25.3 Å². The molecule has 0 unspecified atom stereocenters. The highest BCUT2D eigenvalue weighted by Crippen LogP contribution is 2.15. The van der Waals surface area contributed by atoms with Gasteiger partial charge in [0, 0.05) is 18.0 Å². The minimum absolute atomic E-state index is 0.0728. The van der Waals surface area contributed by atoms with E-state index in [1.54, 1.807) is 6.07 Å². The molecule has 0 radical (unpaired) electrons. The van der Waals surface area contributed by atoms with Crippen LogP contribution in [0.25, 0.3) is 10.9 Å². The van der Waals surface area contributed by atoms with Gasteiger partial charge in [-0.05, 0) is 25.0 Å². The number of carbonyl (C=O) groups excluding carboxylic acids is 1. The van der Waals surface area contributed by atoms with Crippen LogP contribution in [0.3, 0.4) is 0 Å². The van der Waals surface area contributed by atoms with Gasteiger partial charge >= 0.3 is 0 Å². The van der Waals surface area contributed by atoms with E-state index in [4.69, 9.17) is 0 Å². The molecule has 2 rings (SSSR count). The second-order valence-electron chi connectivity index (χ2n) is 4.97. The highest BCUT2D eigenvalue weighted by molar-refractivity contribution is 5.84. The highest BCUT2D eigenvalue weighted by atomic mass is 16.2. The lowest BCUT2D eigenvalue weighted by molar-refractivity contribution is -0.121. The van der Waals surface area contributed by atoms with Crippen molar-refractivity contribution in [1.29, 1.82) is 0 Å². The lowest BCUT2D eigenvalue weighted by Gasteiger charge is -2.12. The summed E-state index contributed by atoms with van der Waals surface area (Å²) in [5.74, 6) is -0.116. The quantitative estimate of drug-likeness (QED) is 0.849. The lowest BCUT2D eigenvalue weighted by Crippen LogP contribution is -2.33. The smallest absolute Gasteiger partial charge is 0.251 e. The average Bonchev–Trinajstić information content (AvgIpc) is 2.44. The van der Waals surface area contributed by atoms with E-state index in [9.17, 15) is 9.59 Å². The number of fused-ring (bicyclic) bond motifs is 1. The Morgan fingerprint density at radius 3 is 2.80 bits per heavy atom. The highest BCUT2D eigenvalue weighted by Gasteiger charge is 2.09. The standard InChI is InChI=1S/C16H20N2O2/c1-3-4-9-17-15(19)11-18-14-8-6-5-7-13(14)12(2)10-16(18)20/h5-8,10H,3-4,9,11H2,1-2H3,(H,17,19). The van der Waals surface area contributed by atoms with E-state index in [1.165, 1.54) is 4.57 Å². The van der Waals surface area contributed by atoms with Crippen LogP contribution in [0, 0.1) is 6.92 Å². The Balaban J connectivity index is 2.30. The predicted octanol–water partition coefficient (Wildman–Crippen LogP) is 2.23. The zero-order valence-electron chi connectivity index (χ0n) is 12.0. The van der Waals surface area contributed by atoms with Gasteiger partial charge in [0.1, 0.15) is 6.54 Å². The molecule has 2 aromatic rings. The van der Waals surface area contributed by atoms with Crippen LogP contribution in [0.5, 0.6) is 0 Å². The second-order valence-corrected chi connectivity index (χ2v) is 4.97. The van der Waals surface area contributed by atoms with Crippen molar-refractivity contribution in [2.45, 2.75) is 33.2 Å². The number of carbonyl (C=O) groups is 1. The van der Waals surface area contributed by atoms with E-state index in [2.05, 4.69) is 12.2 Å². The van der Waals surface area contributed by atoms with Crippen LogP contribution in [-0.2, 0) is 11.3 Å². The molecule has 0 aliphatic rings. The first-order valence-electron chi connectivity index (χ1n) is 6.99. The number of benzene rings is 1. The molecule has 0 saturated heterocycles. The second kappa shape index (κ2) is 6.37. The average molecular weight is 272 g/mol. The molecule has 1 heterocycles. The van der Waals surface area contributed by atoms with Crippen molar-refractivity contribution in [3.63, 3.8) is 0 Å². The molecule has 0 spiro atoms. The Morgan fingerprint density at radius 2 is 2.05 bits per heavy atom. The number of amides is 1. The number of aromatic nitrogens is 1. The van der Waals surface area contributed by atoms with E-state index in [-0.39, 0.29) is 18.0 Å². The number of hydrogen-bond donors (Lipinski definition) is 1. The van der Waals surface area contributed by atoms with Crippen molar-refractivity contribution in [3.05, 3.63) is 46.2 Å². The minimum atomic E-state index is -0.133. The third-order valence-electron chi connectivity index (χ3n) is 3.38. The zero-order valence-corrected chi connectivity index (χ0v) is 12.0. The molecule has 0 saturated carbocycles. The van der Waals surface area contributed by atoms with Crippen LogP contribution in [-0.4, -0.2) is 17.0 Å². The number of rotatable bonds is 5. The summed E-state index contributed by atoms with van der Waals surface area (Å²) in [7, 11) is 0. The molecule has 1 aromatic carbocycles. The van der Waals surface area contributed by atoms with E-state index in [0.717, 1.165) is 29.3 Å². The molecule has 0 bridgehead atoms. The monoisotopic (exact) mass is 272 g/mol. The largest absolute Gasteiger partial charge is 0.355 e. The first kappa shape index (κ1) is 14.3. The van der Waals surface area contributed by atoms with Gasteiger partial charge in [0.15, 0.2) is 0 Å². The van der Waals surface area contributed by atoms with Crippen molar-refractivity contribution >= 4 is 16.8 Å². The van der Waals surface area contributed by atoms with Crippen LogP contribution >= 0.6 is 0 Å². The molecular weight excluding hydrogens is 252 g/mol. The number of nitrogens with one attached hydrogen (secondary N) is 1. The molecule has 1 N–H and O–H groups in total. The topological polar surface area (TPSA) is 51.1 Å². The van der Waals surface area contributed by atoms with Gasteiger partial charge in [-0.15, -0.1) is 0 Å². The third kappa shape index (κ3) is 3.07. The lowest BCUT2D eigenvalue weighted by atomic mass is 10.1. The first-order chi connectivity index (χ1) is 9.63. The molecule has 4 heteroatoms. The fourth-order valence-corrected chi connectivity index (χ4v) is 2.27. The Labute approximate surface area is 118 Å². The summed E-state index contributed by atoms with van der Waals surface area (Å²) in [6.45, 7) is 4.72. The molecule has 1 aromatic heterocycles. The molecule has 1 amide bonds. The van der Waals surface area contributed by atoms with Crippen molar-refractivity contribution < 1.29 is 4.79 Å². The molecule has 0 aliphatic carbocycles. The van der Waals surface area contributed by atoms with Gasteiger partial charge in [-0.25, -0.2) is 0 Å². The Hall–Kier alpha value is -2.10. The molecule has 0 aliphatic heterocycles. The van der Waals surface area contributed by atoms with Crippen molar-refractivity contribution in [1.82, 2.24) is 9.88 Å². The van der Waals surface area contributed by atoms with Crippen molar-refractivity contribution in [2.24, 2.45) is 0 Å². The summed E-state index contributed by atoms with van der Waals surface area (Å²) in [4.78, 5) is 24.0. The van der Waals surface area contributed by atoms with Gasteiger partial charge in [-0.2, -0.15) is 0 Å². The molecule has 0 atom stereocenters. The van der Waals surface area contributed by atoms with E-state index in [1.807, 2.05) is 31.2 Å². The minimum Gasteiger partial charge on any atom is -0.355 e. The number of aryl methyl sites for hydroxylation is 1. The van der Waals surface area contributed by atoms with E-state index in [0.29, 0.717) is 6.54 Å². The van der Waals surface area contributed by atoms with Gasteiger partial charge in [-0.1, -0.05) is 31.5 Å².